The largest absolute Gasteiger partial charge is 0.497 e. The predicted octanol–water partition coefficient (Wildman–Crippen LogP) is 4.36. The van der Waals surface area contributed by atoms with Crippen LogP contribution < -0.4 is 4.74 Å². The fraction of sp³-hybridized carbons (Fsp3) is 0.222. The van der Waals surface area contributed by atoms with E-state index in [1.807, 2.05) is 6.92 Å². The maximum absolute atomic E-state index is 13.4. The Balaban J connectivity index is 1.37. The highest BCUT2D eigenvalue weighted by molar-refractivity contribution is 8.00. The SMILES string of the molecule is COc1ccc(COC(=O)C2=C(c3ccc(C)o3)CS[C@@H]3[C@H](/N=C/c4ccc([N+](=O)[O-])cc4)C(=O)N23)cc1. The van der Waals surface area contributed by atoms with Crippen molar-refractivity contribution in [2.45, 2.75) is 24.9 Å². The Hall–Kier alpha value is -4.38. The van der Waals surface area contributed by atoms with Crippen molar-refractivity contribution in [2.24, 2.45) is 4.99 Å². The van der Waals surface area contributed by atoms with Gasteiger partial charge in [0, 0.05) is 29.7 Å². The number of rotatable bonds is 8. The van der Waals surface area contributed by atoms with Crippen molar-refractivity contribution in [2.75, 3.05) is 12.9 Å². The molecule has 0 saturated carbocycles. The monoisotopic (exact) mass is 533 g/mol. The molecule has 2 aliphatic rings. The molecule has 2 aromatic carbocycles. The molecule has 38 heavy (non-hydrogen) atoms. The molecule has 3 heterocycles. The van der Waals surface area contributed by atoms with E-state index in [4.69, 9.17) is 13.9 Å². The quantitative estimate of drug-likeness (QED) is 0.138. The number of thioether (sulfide) groups is 1. The summed E-state index contributed by atoms with van der Waals surface area (Å²) in [6.45, 7) is 1.83. The number of methoxy groups -OCH3 is 1. The van der Waals surface area contributed by atoms with Gasteiger partial charge >= 0.3 is 5.97 Å². The van der Waals surface area contributed by atoms with E-state index in [0.29, 0.717) is 34.2 Å². The normalized spacial score (nSPS) is 18.8. The number of amides is 1. The van der Waals surface area contributed by atoms with Crippen LogP contribution >= 0.6 is 11.8 Å². The molecule has 2 aliphatic heterocycles. The lowest BCUT2D eigenvalue weighted by Crippen LogP contribution is -2.64. The van der Waals surface area contributed by atoms with Crippen molar-refractivity contribution in [1.82, 2.24) is 4.90 Å². The summed E-state index contributed by atoms with van der Waals surface area (Å²) in [6, 6.07) is 15.9. The number of hydrogen-bond acceptors (Lipinski definition) is 9. The molecule has 11 heteroatoms. The van der Waals surface area contributed by atoms with Gasteiger partial charge in [-0.05, 0) is 54.4 Å². The van der Waals surface area contributed by atoms with Crippen LogP contribution in [0.4, 0.5) is 5.69 Å². The van der Waals surface area contributed by atoms with Crippen LogP contribution in [-0.4, -0.2) is 52.2 Å². The summed E-state index contributed by atoms with van der Waals surface area (Å²) in [5, 5.41) is 10.5. The van der Waals surface area contributed by atoms with Crippen molar-refractivity contribution in [3.05, 3.63) is 99.1 Å². The summed E-state index contributed by atoms with van der Waals surface area (Å²) in [4.78, 5) is 42.8. The summed E-state index contributed by atoms with van der Waals surface area (Å²) >= 11 is 1.48. The van der Waals surface area contributed by atoms with Gasteiger partial charge in [0.1, 0.15) is 34.9 Å². The van der Waals surface area contributed by atoms with E-state index in [1.165, 1.54) is 35.0 Å². The molecule has 0 N–H and O–H groups in total. The fourth-order valence-corrected chi connectivity index (χ4v) is 5.51. The van der Waals surface area contributed by atoms with Crippen LogP contribution in [0.3, 0.4) is 0 Å². The van der Waals surface area contributed by atoms with Gasteiger partial charge in [0.15, 0.2) is 6.04 Å². The molecule has 10 nitrogen and oxygen atoms in total. The van der Waals surface area contributed by atoms with Gasteiger partial charge in [-0.2, -0.15) is 0 Å². The second-order valence-electron chi connectivity index (χ2n) is 8.64. The molecule has 1 fully saturated rings. The third kappa shape index (κ3) is 4.92. The van der Waals surface area contributed by atoms with Crippen molar-refractivity contribution in [1.29, 1.82) is 0 Å². The maximum atomic E-state index is 13.4. The number of nitro groups is 1. The molecule has 0 bridgehead atoms. The van der Waals surface area contributed by atoms with Gasteiger partial charge in [0.25, 0.3) is 11.6 Å². The van der Waals surface area contributed by atoms with Crippen LogP contribution in [-0.2, 0) is 20.9 Å². The first kappa shape index (κ1) is 25.3. The molecule has 1 amide bonds. The van der Waals surface area contributed by atoms with Crippen LogP contribution in [0.25, 0.3) is 5.57 Å². The Morgan fingerprint density at radius 2 is 1.92 bits per heavy atom. The second kappa shape index (κ2) is 10.5. The van der Waals surface area contributed by atoms with Gasteiger partial charge in [0.05, 0.1) is 12.0 Å². The van der Waals surface area contributed by atoms with Crippen LogP contribution in [0, 0.1) is 17.0 Å². The summed E-state index contributed by atoms with van der Waals surface area (Å²) < 4.78 is 16.6. The number of non-ortho nitro benzene ring substituents is 1. The number of β-lactam (4-membered cyclic amide) rings is 1. The summed E-state index contributed by atoms with van der Waals surface area (Å²) in [5.74, 6) is 1.36. The summed E-state index contributed by atoms with van der Waals surface area (Å²) in [6.07, 6.45) is 1.51. The zero-order valence-corrected chi connectivity index (χ0v) is 21.3. The molecule has 194 valence electrons. The Bertz CT molecular complexity index is 1440. The minimum absolute atomic E-state index is 0.0261. The molecule has 0 unspecified atom stereocenters. The van der Waals surface area contributed by atoms with Crippen LogP contribution in [0.2, 0.25) is 0 Å². The van der Waals surface area contributed by atoms with Gasteiger partial charge < -0.3 is 13.9 Å². The van der Waals surface area contributed by atoms with Crippen molar-refractivity contribution in [3.63, 3.8) is 0 Å². The van der Waals surface area contributed by atoms with Gasteiger partial charge in [0.2, 0.25) is 0 Å². The van der Waals surface area contributed by atoms with Crippen molar-refractivity contribution in [3.8, 4) is 5.75 Å². The lowest BCUT2D eigenvalue weighted by atomic mass is 10.0. The highest BCUT2D eigenvalue weighted by atomic mass is 32.2. The number of carbonyl (C=O) groups is 2. The molecular formula is C27H23N3O7S. The predicted molar refractivity (Wildman–Crippen MR) is 141 cm³/mol. The maximum Gasteiger partial charge on any atom is 0.355 e. The molecule has 5 rings (SSSR count). The first-order valence-corrected chi connectivity index (χ1v) is 12.7. The first-order chi connectivity index (χ1) is 18.4. The Morgan fingerprint density at radius 3 is 2.55 bits per heavy atom. The van der Waals surface area contributed by atoms with E-state index in [1.54, 1.807) is 55.6 Å². The van der Waals surface area contributed by atoms with Gasteiger partial charge in [-0.3, -0.25) is 24.8 Å². The molecule has 1 aromatic heterocycles. The topological polar surface area (TPSA) is 124 Å². The Labute approximate surface area is 222 Å². The summed E-state index contributed by atoms with van der Waals surface area (Å²) in [7, 11) is 1.57. The van der Waals surface area contributed by atoms with Gasteiger partial charge in [-0.1, -0.05) is 12.1 Å². The van der Waals surface area contributed by atoms with Crippen molar-refractivity contribution >= 4 is 41.1 Å². The van der Waals surface area contributed by atoms with E-state index >= 15 is 0 Å². The molecular weight excluding hydrogens is 510 g/mol. The zero-order valence-electron chi connectivity index (χ0n) is 20.5. The third-order valence-corrected chi connectivity index (χ3v) is 7.45. The molecule has 0 spiro atoms. The second-order valence-corrected chi connectivity index (χ2v) is 9.75. The molecule has 0 aliphatic carbocycles. The zero-order chi connectivity index (χ0) is 26.8. The number of aryl methyl sites for hydroxylation is 1. The highest BCUT2D eigenvalue weighted by Crippen LogP contribution is 2.45. The van der Waals surface area contributed by atoms with E-state index in [9.17, 15) is 19.7 Å². The minimum atomic E-state index is -0.695. The lowest BCUT2D eigenvalue weighted by molar-refractivity contribution is -0.384. The average molecular weight is 534 g/mol. The number of carbonyl (C=O) groups excluding carboxylic acids is 2. The minimum Gasteiger partial charge on any atom is -0.497 e. The molecule has 1 saturated heterocycles. The van der Waals surface area contributed by atoms with Gasteiger partial charge in [-0.25, -0.2) is 4.79 Å². The lowest BCUT2D eigenvalue weighted by Gasteiger charge is -2.47. The molecule has 3 aromatic rings. The standard InChI is InChI=1S/C27H23N3O7S/c1-16-3-12-22(37-16)21-15-38-26-23(28-13-17-4-8-19(9-5-17)30(33)34)25(31)29(26)24(21)27(32)36-14-18-6-10-20(35-2)11-7-18/h3-13,23,26H,14-15H2,1-2H3/b28-13+/t23-,26-/m1/s1. The summed E-state index contributed by atoms with van der Waals surface area (Å²) in [5.41, 5.74) is 2.12. The van der Waals surface area contributed by atoms with Crippen LogP contribution in [0.15, 0.2) is 75.8 Å². The van der Waals surface area contributed by atoms with Gasteiger partial charge in [-0.15, -0.1) is 11.8 Å². The van der Waals surface area contributed by atoms with E-state index in [0.717, 1.165) is 5.56 Å². The smallest absolute Gasteiger partial charge is 0.355 e. The third-order valence-electron chi connectivity index (χ3n) is 6.19. The first-order valence-electron chi connectivity index (χ1n) is 11.7. The van der Waals surface area contributed by atoms with Crippen molar-refractivity contribution < 1.29 is 28.4 Å². The number of aliphatic imine (C=N–C) groups is 1. The number of nitro benzene ring substituents is 1. The number of benzene rings is 2. The van der Waals surface area contributed by atoms with Crippen LogP contribution in [0.5, 0.6) is 5.75 Å². The average Bonchev–Trinajstić information content (AvgIpc) is 3.37. The molecule has 0 radical (unpaired) electrons. The van der Waals surface area contributed by atoms with E-state index in [-0.39, 0.29) is 29.3 Å². The number of ether oxygens (including phenoxy) is 2. The number of hydrogen-bond donors (Lipinski definition) is 0. The van der Waals surface area contributed by atoms with E-state index in [2.05, 4.69) is 4.99 Å². The highest BCUT2D eigenvalue weighted by Gasteiger charge is 2.54. The number of esters is 1. The van der Waals surface area contributed by atoms with Crippen LogP contribution in [0.1, 0.15) is 22.6 Å². The number of fused-ring (bicyclic) bond motifs is 1. The Kier molecular flexibility index (Phi) is 7.01. The number of furan rings is 1. The Morgan fingerprint density at radius 1 is 1.18 bits per heavy atom. The number of nitrogens with zero attached hydrogens (tertiary/aromatic N) is 3. The van der Waals surface area contributed by atoms with E-state index < -0.39 is 16.9 Å². The fourth-order valence-electron chi connectivity index (χ4n) is 4.17. The molecule has 2 atom stereocenters.